The second kappa shape index (κ2) is 8.98. The lowest BCUT2D eigenvalue weighted by molar-refractivity contribution is -0.142. The van der Waals surface area contributed by atoms with Gasteiger partial charge in [0.05, 0.1) is 5.92 Å². The molecule has 20 heavy (non-hydrogen) atoms. The Morgan fingerprint density at radius 3 is 2.45 bits per heavy atom. The Bertz CT molecular complexity index is 309. The van der Waals surface area contributed by atoms with Gasteiger partial charge in [-0.15, -0.1) is 0 Å². The van der Waals surface area contributed by atoms with Crippen molar-refractivity contribution in [1.29, 1.82) is 0 Å². The first kappa shape index (κ1) is 17.0. The summed E-state index contributed by atoms with van der Waals surface area (Å²) in [7, 11) is 0. The van der Waals surface area contributed by atoms with Crippen LogP contribution < -0.4 is 5.32 Å². The summed E-state index contributed by atoms with van der Waals surface area (Å²) in [5.74, 6) is -0.136. The molecule has 1 rings (SSSR count). The Morgan fingerprint density at radius 1 is 1.25 bits per heavy atom. The third-order valence-electron chi connectivity index (χ3n) is 4.14. The minimum atomic E-state index is -0.815. The zero-order valence-electron chi connectivity index (χ0n) is 12.9. The number of hydrogen-bond donors (Lipinski definition) is 2. The number of amides is 1. The van der Waals surface area contributed by atoms with Crippen molar-refractivity contribution in [2.75, 3.05) is 6.54 Å². The summed E-state index contributed by atoms with van der Waals surface area (Å²) in [6.07, 6.45) is 8.52. The topological polar surface area (TPSA) is 66.4 Å². The molecule has 1 amide bonds. The molecule has 4 nitrogen and oxygen atoms in total. The van der Waals surface area contributed by atoms with Crippen LogP contribution in [0.4, 0.5) is 0 Å². The molecule has 0 aromatic rings. The summed E-state index contributed by atoms with van der Waals surface area (Å²) in [4.78, 5) is 22.8. The zero-order chi connectivity index (χ0) is 15.0. The third-order valence-corrected chi connectivity index (χ3v) is 4.14. The van der Waals surface area contributed by atoms with Crippen molar-refractivity contribution in [3.8, 4) is 0 Å². The van der Waals surface area contributed by atoms with E-state index < -0.39 is 11.9 Å². The molecule has 0 bridgehead atoms. The van der Waals surface area contributed by atoms with Gasteiger partial charge in [0, 0.05) is 13.0 Å². The van der Waals surface area contributed by atoms with E-state index in [1.807, 2.05) is 13.8 Å². The molecule has 0 aliphatic heterocycles. The summed E-state index contributed by atoms with van der Waals surface area (Å²) < 4.78 is 0. The van der Waals surface area contributed by atoms with Crippen LogP contribution >= 0.6 is 0 Å². The van der Waals surface area contributed by atoms with Gasteiger partial charge in [0.15, 0.2) is 0 Å². The minimum absolute atomic E-state index is 0.00185. The molecular weight excluding hydrogens is 254 g/mol. The molecule has 0 radical (unpaired) electrons. The number of rotatable bonds is 9. The van der Waals surface area contributed by atoms with E-state index in [2.05, 4.69) is 5.32 Å². The van der Waals surface area contributed by atoms with E-state index in [-0.39, 0.29) is 12.5 Å². The summed E-state index contributed by atoms with van der Waals surface area (Å²) in [5, 5.41) is 11.9. The lowest BCUT2D eigenvalue weighted by atomic mass is 9.97. The van der Waals surface area contributed by atoms with Gasteiger partial charge in [-0.25, -0.2) is 0 Å². The van der Waals surface area contributed by atoms with Crippen LogP contribution in [0.15, 0.2) is 0 Å². The van der Waals surface area contributed by atoms with Gasteiger partial charge < -0.3 is 10.4 Å². The fourth-order valence-corrected chi connectivity index (χ4v) is 3.02. The molecule has 1 saturated carbocycles. The number of carboxylic acid groups (broad SMARTS) is 1. The van der Waals surface area contributed by atoms with Gasteiger partial charge in [-0.05, 0) is 31.1 Å². The molecule has 0 aromatic heterocycles. The summed E-state index contributed by atoms with van der Waals surface area (Å²) in [6, 6.07) is 0. The van der Waals surface area contributed by atoms with Crippen LogP contribution in [-0.4, -0.2) is 23.5 Å². The minimum Gasteiger partial charge on any atom is -0.481 e. The zero-order valence-corrected chi connectivity index (χ0v) is 12.9. The van der Waals surface area contributed by atoms with Crippen molar-refractivity contribution >= 4 is 11.9 Å². The lowest BCUT2D eigenvalue weighted by Crippen LogP contribution is -2.33. The molecule has 1 aliphatic rings. The van der Waals surface area contributed by atoms with Crippen molar-refractivity contribution < 1.29 is 14.7 Å². The predicted octanol–water partition coefficient (Wildman–Crippen LogP) is 3.21. The highest BCUT2D eigenvalue weighted by molar-refractivity contribution is 5.77. The van der Waals surface area contributed by atoms with Gasteiger partial charge >= 0.3 is 5.97 Å². The van der Waals surface area contributed by atoms with Crippen molar-refractivity contribution in [2.45, 2.75) is 65.2 Å². The molecule has 0 heterocycles. The van der Waals surface area contributed by atoms with Crippen molar-refractivity contribution in [3.63, 3.8) is 0 Å². The number of carbonyl (C=O) groups is 2. The first-order chi connectivity index (χ1) is 9.49. The van der Waals surface area contributed by atoms with Gasteiger partial charge in [0.25, 0.3) is 0 Å². The van der Waals surface area contributed by atoms with E-state index >= 15 is 0 Å². The van der Waals surface area contributed by atoms with Crippen LogP contribution in [-0.2, 0) is 9.59 Å². The highest BCUT2D eigenvalue weighted by atomic mass is 16.4. The average molecular weight is 283 g/mol. The second-order valence-corrected chi connectivity index (χ2v) is 6.51. The summed E-state index contributed by atoms with van der Waals surface area (Å²) in [5.41, 5.74) is 0. The maximum Gasteiger partial charge on any atom is 0.308 e. The number of carboxylic acids is 1. The molecule has 1 fully saturated rings. The van der Waals surface area contributed by atoms with Crippen LogP contribution in [0.5, 0.6) is 0 Å². The van der Waals surface area contributed by atoms with Crippen LogP contribution in [0.25, 0.3) is 0 Å². The predicted molar refractivity (Wildman–Crippen MR) is 79.4 cm³/mol. The Balaban J connectivity index is 2.15. The average Bonchev–Trinajstić information content (AvgIpc) is 2.86. The molecule has 4 heteroatoms. The molecule has 0 saturated heterocycles. The maximum atomic E-state index is 11.7. The number of hydrogen-bond acceptors (Lipinski definition) is 2. The molecule has 1 aliphatic carbocycles. The Labute approximate surface area is 122 Å². The van der Waals surface area contributed by atoms with Crippen molar-refractivity contribution in [1.82, 2.24) is 5.32 Å². The maximum absolute atomic E-state index is 11.7. The van der Waals surface area contributed by atoms with Crippen LogP contribution in [0.3, 0.4) is 0 Å². The monoisotopic (exact) mass is 283 g/mol. The normalized spacial score (nSPS) is 17.4. The molecule has 0 spiro atoms. The highest BCUT2D eigenvalue weighted by Gasteiger charge is 2.20. The standard InChI is InChI=1S/C16H29NO3/c1-12(2)10-14(16(19)20)11-17-15(18)9-5-8-13-6-3-4-7-13/h12-14H,3-11H2,1-2H3,(H,17,18)(H,19,20). The lowest BCUT2D eigenvalue weighted by Gasteiger charge is -2.15. The summed E-state index contributed by atoms with van der Waals surface area (Å²) >= 11 is 0. The first-order valence-corrected chi connectivity index (χ1v) is 7.98. The molecule has 0 aromatic carbocycles. The van der Waals surface area contributed by atoms with Gasteiger partial charge in [0.2, 0.25) is 5.91 Å². The molecule has 116 valence electrons. The van der Waals surface area contributed by atoms with Gasteiger partial charge in [-0.3, -0.25) is 9.59 Å². The van der Waals surface area contributed by atoms with Gasteiger partial charge in [-0.2, -0.15) is 0 Å². The van der Waals surface area contributed by atoms with Crippen LogP contribution in [0.1, 0.15) is 65.2 Å². The van der Waals surface area contributed by atoms with E-state index in [1.54, 1.807) is 0 Å². The van der Waals surface area contributed by atoms with Crippen LogP contribution in [0.2, 0.25) is 0 Å². The Kier molecular flexibility index (Phi) is 7.63. The van der Waals surface area contributed by atoms with Gasteiger partial charge in [0.1, 0.15) is 0 Å². The summed E-state index contributed by atoms with van der Waals surface area (Å²) in [6.45, 7) is 4.26. The van der Waals surface area contributed by atoms with E-state index in [4.69, 9.17) is 5.11 Å². The van der Waals surface area contributed by atoms with E-state index in [0.29, 0.717) is 18.8 Å². The van der Waals surface area contributed by atoms with Crippen molar-refractivity contribution in [3.05, 3.63) is 0 Å². The quantitative estimate of drug-likeness (QED) is 0.683. The van der Waals surface area contributed by atoms with E-state index in [0.717, 1.165) is 18.8 Å². The smallest absolute Gasteiger partial charge is 0.308 e. The van der Waals surface area contributed by atoms with Crippen LogP contribution in [0, 0.1) is 17.8 Å². The first-order valence-electron chi connectivity index (χ1n) is 7.98. The van der Waals surface area contributed by atoms with Gasteiger partial charge in [-0.1, -0.05) is 39.5 Å². The third kappa shape index (κ3) is 6.92. The fraction of sp³-hybridized carbons (Fsp3) is 0.875. The number of carbonyl (C=O) groups excluding carboxylic acids is 1. The SMILES string of the molecule is CC(C)CC(CNC(=O)CCCC1CCCC1)C(=O)O. The molecular formula is C16H29NO3. The fourth-order valence-electron chi connectivity index (χ4n) is 3.02. The van der Waals surface area contributed by atoms with E-state index in [9.17, 15) is 9.59 Å². The second-order valence-electron chi connectivity index (χ2n) is 6.51. The van der Waals surface area contributed by atoms with E-state index in [1.165, 1.54) is 25.7 Å². The Morgan fingerprint density at radius 2 is 1.90 bits per heavy atom. The largest absolute Gasteiger partial charge is 0.481 e. The highest BCUT2D eigenvalue weighted by Crippen LogP contribution is 2.28. The Hall–Kier alpha value is -1.06. The van der Waals surface area contributed by atoms with Crippen molar-refractivity contribution in [2.24, 2.45) is 17.8 Å². The number of nitrogens with one attached hydrogen (secondary N) is 1. The molecule has 2 N–H and O–H groups in total. The molecule has 1 atom stereocenters. The molecule has 1 unspecified atom stereocenters. The number of aliphatic carboxylic acids is 1.